The molecule has 1 unspecified atom stereocenters. The number of ether oxygens (including phenoxy) is 1. The van der Waals surface area contributed by atoms with Crippen LogP contribution in [0.2, 0.25) is 0 Å². The van der Waals surface area contributed by atoms with Crippen LogP contribution in [0.25, 0.3) is 10.8 Å². The van der Waals surface area contributed by atoms with Crippen LogP contribution in [-0.2, 0) is 14.4 Å². The van der Waals surface area contributed by atoms with E-state index in [4.69, 9.17) is 4.74 Å². The number of fused-ring (bicyclic) bond motifs is 3. The molecule has 0 bridgehead atoms. The first kappa shape index (κ1) is 18.8. The van der Waals surface area contributed by atoms with Crippen molar-refractivity contribution in [3.63, 3.8) is 0 Å². The molecule has 152 valence electrons. The van der Waals surface area contributed by atoms with Crippen molar-refractivity contribution in [2.24, 2.45) is 10.2 Å². The van der Waals surface area contributed by atoms with E-state index in [0.717, 1.165) is 10.8 Å². The third-order valence-corrected chi connectivity index (χ3v) is 7.25. The number of hydrogen-bond acceptors (Lipinski definition) is 7. The summed E-state index contributed by atoms with van der Waals surface area (Å²) >= 11 is 1.35. The fraction of sp³-hybridized carbons (Fsp3) is 0.286. The summed E-state index contributed by atoms with van der Waals surface area (Å²) in [5.41, 5.74) is -1.41. The zero-order chi connectivity index (χ0) is 21.3. The van der Waals surface area contributed by atoms with Crippen LogP contribution >= 0.6 is 11.8 Å². The average Bonchev–Trinajstić information content (AvgIpc) is 3.27. The largest absolute Gasteiger partial charge is 0.480 e. The number of amides is 1. The smallest absolute Gasteiger partial charge is 0.364 e. The van der Waals surface area contributed by atoms with Crippen LogP contribution in [0.15, 0.2) is 64.5 Å². The van der Waals surface area contributed by atoms with E-state index in [2.05, 4.69) is 10.2 Å². The Kier molecular flexibility index (Phi) is 3.85. The molecule has 0 aliphatic carbocycles. The van der Waals surface area contributed by atoms with Crippen LogP contribution in [0.4, 0.5) is 0 Å². The molecule has 8 nitrogen and oxygen atoms in total. The maximum atomic E-state index is 12.8. The van der Waals surface area contributed by atoms with Crippen LogP contribution in [0, 0.1) is 0 Å². The van der Waals surface area contributed by atoms with Crippen molar-refractivity contribution in [3.05, 3.63) is 54.2 Å². The van der Waals surface area contributed by atoms with Gasteiger partial charge in [-0.25, -0.2) is 9.59 Å². The lowest BCUT2D eigenvalue weighted by Gasteiger charge is -2.47. The van der Waals surface area contributed by atoms with Crippen LogP contribution in [0.5, 0.6) is 5.75 Å². The molecular formula is C21H17N3O5S. The van der Waals surface area contributed by atoms with Gasteiger partial charge in [0.2, 0.25) is 5.54 Å². The number of hydrogen-bond donors (Lipinski definition) is 1. The predicted octanol–water partition coefficient (Wildman–Crippen LogP) is 2.98. The van der Waals surface area contributed by atoms with E-state index in [0.29, 0.717) is 5.75 Å². The minimum atomic E-state index is -1.34. The Bertz CT molecular complexity index is 1190. The Hall–Kier alpha value is -3.20. The second kappa shape index (κ2) is 6.15. The number of carboxylic acid groups (broad SMARTS) is 1. The molecule has 2 aromatic carbocycles. The van der Waals surface area contributed by atoms with E-state index in [9.17, 15) is 19.5 Å². The molecule has 0 saturated carbocycles. The highest BCUT2D eigenvalue weighted by Gasteiger charge is 2.72. The summed E-state index contributed by atoms with van der Waals surface area (Å²) < 4.78 is 4.74. The van der Waals surface area contributed by atoms with Crippen LogP contribution in [0.1, 0.15) is 13.8 Å². The average molecular weight is 423 g/mol. The van der Waals surface area contributed by atoms with Gasteiger partial charge in [-0.05, 0) is 42.8 Å². The summed E-state index contributed by atoms with van der Waals surface area (Å²) in [4.78, 5) is 38.4. The summed E-state index contributed by atoms with van der Waals surface area (Å²) in [5, 5.41) is 19.0. The van der Waals surface area contributed by atoms with Gasteiger partial charge in [-0.3, -0.25) is 4.79 Å². The second-order valence-corrected chi connectivity index (χ2v) is 9.71. The molecule has 3 aliphatic rings. The minimum Gasteiger partial charge on any atom is -0.480 e. The SMILES string of the molecule is CC1(C)S[C@H]2N(C(=O)C23C=C(C(=O)Oc2ccc4ccccc4c2)N=N3)[C@H]1C(=O)O. The molecule has 0 radical (unpaired) electrons. The van der Waals surface area contributed by atoms with Gasteiger partial charge in [0.05, 0.1) is 0 Å². The Labute approximate surface area is 175 Å². The highest BCUT2D eigenvalue weighted by Crippen LogP contribution is 2.58. The van der Waals surface area contributed by atoms with Crippen molar-refractivity contribution in [2.45, 2.75) is 35.5 Å². The fourth-order valence-electron chi connectivity index (χ4n) is 4.19. The molecule has 2 saturated heterocycles. The maximum Gasteiger partial charge on any atom is 0.364 e. The standard InChI is InChI=1S/C21H17N3O5S/c1-20(2)15(16(25)26)24-18(28)21(19(24)30-20)10-14(22-23-21)17(27)29-13-8-7-11-5-3-4-6-12(11)9-13/h3-10,15,19H,1-2H3,(H,25,26)/t15-,19+,21?/m0/s1. The van der Waals surface area contributed by atoms with Crippen LogP contribution in [-0.4, -0.2) is 49.6 Å². The van der Waals surface area contributed by atoms with E-state index < -0.39 is 39.5 Å². The van der Waals surface area contributed by atoms with Crippen LogP contribution in [0.3, 0.4) is 0 Å². The maximum absolute atomic E-state index is 12.8. The number of thioether (sulfide) groups is 1. The number of azo groups is 1. The molecule has 5 rings (SSSR count). The third kappa shape index (κ3) is 2.51. The molecule has 30 heavy (non-hydrogen) atoms. The highest BCUT2D eigenvalue weighted by molar-refractivity contribution is 8.01. The lowest BCUT2D eigenvalue weighted by molar-refractivity contribution is -0.162. The first-order valence-corrected chi connectivity index (χ1v) is 10.2. The Balaban J connectivity index is 1.39. The van der Waals surface area contributed by atoms with Crippen molar-refractivity contribution in [1.29, 1.82) is 0 Å². The summed E-state index contributed by atoms with van der Waals surface area (Å²) in [6, 6.07) is 12.0. The van der Waals surface area contributed by atoms with Gasteiger partial charge < -0.3 is 14.7 Å². The first-order chi connectivity index (χ1) is 14.2. The Morgan fingerprint density at radius 3 is 2.63 bits per heavy atom. The normalized spacial score (nSPS) is 28.4. The van der Waals surface area contributed by atoms with Gasteiger partial charge in [-0.15, -0.1) is 16.9 Å². The summed E-state index contributed by atoms with van der Waals surface area (Å²) in [6.45, 7) is 3.56. The number of nitrogens with zero attached hydrogens (tertiary/aromatic N) is 3. The summed E-state index contributed by atoms with van der Waals surface area (Å²) in [7, 11) is 0. The molecular weight excluding hydrogens is 406 g/mol. The summed E-state index contributed by atoms with van der Waals surface area (Å²) in [5.74, 6) is -1.88. The molecule has 3 aliphatic heterocycles. The fourth-order valence-corrected chi connectivity index (χ4v) is 5.83. The number of carboxylic acids is 1. The molecule has 1 spiro atoms. The van der Waals surface area contributed by atoms with Gasteiger partial charge in [-0.1, -0.05) is 30.3 Å². The Morgan fingerprint density at radius 1 is 1.17 bits per heavy atom. The monoisotopic (exact) mass is 423 g/mol. The van der Waals surface area contributed by atoms with Gasteiger partial charge in [0.25, 0.3) is 5.91 Å². The number of esters is 1. The zero-order valence-electron chi connectivity index (χ0n) is 16.1. The highest BCUT2D eigenvalue weighted by atomic mass is 32.2. The number of β-lactam (4-membered cyclic amide) rings is 1. The van der Waals surface area contributed by atoms with Gasteiger partial charge in [0.15, 0.2) is 5.70 Å². The molecule has 2 aromatic rings. The topological polar surface area (TPSA) is 109 Å². The van der Waals surface area contributed by atoms with E-state index in [1.54, 1.807) is 26.0 Å². The number of carbonyl (C=O) groups excluding carboxylic acids is 2. The van der Waals surface area contributed by atoms with Gasteiger partial charge in [0.1, 0.15) is 17.2 Å². The minimum absolute atomic E-state index is 0.0617. The lowest BCUT2D eigenvalue weighted by Crippen LogP contribution is -2.71. The molecule has 1 amide bonds. The van der Waals surface area contributed by atoms with Crippen molar-refractivity contribution in [2.75, 3.05) is 0 Å². The number of aliphatic carboxylic acids is 1. The van der Waals surface area contributed by atoms with Gasteiger partial charge >= 0.3 is 11.9 Å². The van der Waals surface area contributed by atoms with Crippen LogP contribution < -0.4 is 4.74 Å². The van der Waals surface area contributed by atoms with E-state index in [-0.39, 0.29) is 5.70 Å². The first-order valence-electron chi connectivity index (χ1n) is 9.33. The zero-order valence-corrected chi connectivity index (χ0v) is 16.9. The van der Waals surface area contributed by atoms with E-state index >= 15 is 0 Å². The number of rotatable bonds is 3. The van der Waals surface area contributed by atoms with E-state index in [1.165, 1.54) is 22.7 Å². The molecule has 0 aromatic heterocycles. The van der Waals surface area contributed by atoms with Gasteiger partial charge in [-0.2, -0.15) is 5.11 Å². The quantitative estimate of drug-likeness (QED) is 0.462. The molecule has 1 N–H and O–H groups in total. The van der Waals surface area contributed by atoms with Crippen molar-refractivity contribution in [3.8, 4) is 5.75 Å². The lowest BCUT2D eigenvalue weighted by atomic mass is 9.85. The van der Waals surface area contributed by atoms with E-state index in [1.807, 2.05) is 30.3 Å². The predicted molar refractivity (Wildman–Crippen MR) is 109 cm³/mol. The number of carbonyl (C=O) groups is 3. The van der Waals surface area contributed by atoms with Crippen molar-refractivity contribution >= 4 is 40.4 Å². The van der Waals surface area contributed by atoms with Gasteiger partial charge in [0, 0.05) is 4.75 Å². The molecule has 2 fully saturated rings. The molecule has 3 atom stereocenters. The third-order valence-electron chi connectivity index (χ3n) is 5.61. The summed E-state index contributed by atoms with van der Waals surface area (Å²) in [6.07, 6.45) is 1.40. The molecule has 3 heterocycles. The van der Waals surface area contributed by atoms with Crippen molar-refractivity contribution in [1.82, 2.24) is 4.90 Å². The second-order valence-electron chi connectivity index (χ2n) is 7.98. The number of benzene rings is 2. The molecule has 9 heteroatoms. The Morgan fingerprint density at radius 2 is 1.90 bits per heavy atom. The van der Waals surface area contributed by atoms with Crippen molar-refractivity contribution < 1.29 is 24.2 Å².